The number of aryl methyl sites for hydroxylation is 1. The van der Waals surface area contributed by atoms with Crippen molar-refractivity contribution < 1.29 is 27.5 Å². The van der Waals surface area contributed by atoms with E-state index in [1.165, 1.54) is 18.3 Å². The summed E-state index contributed by atoms with van der Waals surface area (Å²) in [5, 5.41) is 5.38. The summed E-state index contributed by atoms with van der Waals surface area (Å²) in [6.07, 6.45) is -0.693. The number of amides is 2. The summed E-state index contributed by atoms with van der Waals surface area (Å²) in [5.74, 6) is -0.186. The Kier molecular flexibility index (Phi) is 7.22. The monoisotopic (exact) mass is 470 g/mol. The molecule has 11 heteroatoms. The number of ether oxygens (including phenoxy) is 1. The molecule has 7 nitrogen and oxygen atoms in total. The molecule has 1 fully saturated rings. The van der Waals surface area contributed by atoms with Gasteiger partial charge in [-0.25, -0.2) is 9.97 Å². The number of halogens is 4. The van der Waals surface area contributed by atoms with Crippen LogP contribution in [0.3, 0.4) is 0 Å². The molecular weight excluding hydrogens is 449 g/mol. The fourth-order valence-corrected chi connectivity index (χ4v) is 3.17. The van der Waals surface area contributed by atoms with E-state index < -0.39 is 24.7 Å². The first-order valence-electron chi connectivity index (χ1n) is 9.94. The third-order valence-corrected chi connectivity index (χ3v) is 4.97. The van der Waals surface area contributed by atoms with Crippen molar-refractivity contribution in [1.29, 1.82) is 0 Å². The van der Waals surface area contributed by atoms with Crippen LogP contribution in [0.25, 0.3) is 0 Å². The zero-order chi connectivity index (χ0) is 23.5. The van der Waals surface area contributed by atoms with E-state index in [-0.39, 0.29) is 16.8 Å². The summed E-state index contributed by atoms with van der Waals surface area (Å²) in [5.41, 5.74) is 1.34. The van der Waals surface area contributed by atoms with Gasteiger partial charge in [0.2, 0.25) is 11.8 Å². The number of hydrogen-bond donors (Lipinski definition) is 2. The molecule has 0 aromatic carbocycles. The second-order valence-corrected chi connectivity index (χ2v) is 8.14. The van der Waals surface area contributed by atoms with Crippen molar-refractivity contribution in [3.8, 4) is 5.88 Å². The van der Waals surface area contributed by atoms with Gasteiger partial charge in [0.15, 0.2) is 6.61 Å². The summed E-state index contributed by atoms with van der Waals surface area (Å²) in [7, 11) is 0. The molecule has 1 aliphatic carbocycles. The van der Waals surface area contributed by atoms with Crippen molar-refractivity contribution >= 4 is 29.2 Å². The third kappa shape index (κ3) is 7.08. The highest BCUT2D eigenvalue weighted by molar-refractivity contribution is 6.31. The van der Waals surface area contributed by atoms with Crippen LogP contribution in [0.5, 0.6) is 5.88 Å². The average molecular weight is 471 g/mol. The Morgan fingerprint density at radius 3 is 2.62 bits per heavy atom. The van der Waals surface area contributed by atoms with Crippen LogP contribution in [0.15, 0.2) is 24.4 Å². The molecule has 2 aromatic rings. The van der Waals surface area contributed by atoms with Crippen LogP contribution in [-0.2, 0) is 4.79 Å². The summed E-state index contributed by atoms with van der Waals surface area (Å²) in [4.78, 5) is 32.8. The fourth-order valence-electron chi connectivity index (χ4n) is 2.94. The van der Waals surface area contributed by atoms with E-state index in [1.54, 1.807) is 19.9 Å². The molecule has 2 aromatic heterocycles. The molecule has 1 unspecified atom stereocenters. The molecule has 2 heterocycles. The summed E-state index contributed by atoms with van der Waals surface area (Å²) in [6, 6.07) is 3.90. The lowest BCUT2D eigenvalue weighted by molar-refractivity contribution is -0.154. The summed E-state index contributed by atoms with van der Waals surface area (Å²) in [6.45, 7) is 1.88. The molecule has 0 spiro atoms. The van der Waals surface area contributed by atoms with Gasteiger partial charge in [-0.3, -0.25) is 9.59 Å². The Morgan fingerprint density at radius 1 is 1.28 bits per heavy atom. The van der Waals surface area contributed by atoms with Crippen LogP contribution in [0.2, 0.25) is 5.02 Å². The van der Waals surface area contributed by atoms with Crippen molar-refractivity contribution in [1.82, 2.24) is 15.3 Å². The van der Waals surface area contributed by atoms with Crippen molar-refractivity contribution in [3.05, 3.63) is 46.2 Å². The van der Waals surface area contributed by atoms with Crippen LogP contribution in [0, 0.1) is 12.8 Å². The lowest BCUT2D eigenvalue weighted by atomic mass is 10.1. The van der Waals surface area contributed by atoms with Gasteiger partial charge in [-0.15, -0.1) is 0 Å². The first kappa shape index (κ1) is 23.8. The van der Waals surface area contributed by atoms with Gasteiger partial charge in [0.1, 0.15) is 10.8 Å². The van der Waals surface area contributed by atoms with E-state index in [0.717, 1.165) is 12.8 Å². The molecule has 1 aliphatic rings. The summed E-state index contributed by atoms with van der Waals surface area (Å²) < 4.78 is 41.5. The number of carbonyl (C=O) groups is 2. The second-order valence-electron chi connectivity index (χ2n) is 7.73. The number of nitrogens with one attached hydrogen (secondary N) is 2. The van der Waals surface area contributed by atoms with E-state index in [1.807, 2.05) is 0 Å². The number of aromatic nitrogens is 2. The molecule has 0 saturated heterocycles. The minimum Gasteiger partial charge on any atom is -0.467 e. The van der Waals surface area contributed by atoms with Gasteiger partial charge >= 0.3 is 6.18 Å². The molecule has 1 atom stereocenters. The number of rotatable bonds is 8. The van der Waals surface area contributed by atoms with Crippen LogP contribution in [-0.4, -0.2) is 34.6 Å². The minimum atomic E-state index is -4.51. The number of alkyl halides is 3. The standard InChI is InChI=1S/C21H22ClF3N4O3/c1-11-5-14(8-17(27-11)29-18(30)6-13-3-4-13)19(31)28-12(2)15-7-16(22)20(26-9-15)32-10-21(23,24)25/h5,7-9,12-13H,3-4,6,10H2,1-2H3,(H,28,31)(H,27,29,30). The molecule has 172 valence electrons. The maximum absolute atomic E-state index is 12.7. The zero-order valence-electron chi connectivity index (χ0n) is 17.4. The lowest BCUT2D eigenvalue weighted by Crippen LogP contribution is -2.27. The van der Waals surface area contributed by atoms with E-state index in [0.29, 0.717) is 35.0 Å². The topological polar surface area (TPSA) is 93.2 Å². The highest BCUT2D eigenvalue weighted by Gasteiger charge is 2.29. The van der Waals surface area contributed by atoms with Gasteiger partial charge in [-0.1, -0.05) is 11.6 Å². The molecule has 32 heavy (non-hydrogen) atoms. The average Bonchev–Trinajstić information content (AvgIpc) is 3.49. The quantitative estimate of drug-likeness (QED) is 0.587. The maximum Gasteiger partial charge on any atom is 0.422 e. The molecule has 1 saturated carbocycles. The van der Waals surface area contributed by atoms with Gasteiger partial charge in [0.05, 0.1) is 6.04 Å². The summed E-state index contributed by atoms with van der Waals surface area (Å²) >= 11 is 5.97. The van der Waals surface area contributed by atoms with Crippen molar-refractivity contribution in [3.63, 3.8) is 0 Å². The molecule has 3 rings (SSSR count). The molecule has 0 aliphatic heterocycles. The third-order valence-electron chi connectivity index (χ3n) is 4.70. The van der Waals surface area contributed by atoms with Gasteiger partial charge in [0.25, 0.3) is 5.91 Å². The Balaban J connectivity index is 1.64. The first-order valence-corrected chi connectivity index (χ1v) is 10.3. The number of nitrogens with zero attached hydrogens (tertiary/aromatic N) is 2. The molecular formula is C21H22ClF3N4O3. The van der Waals surface area contributed by atoms with Crippen molar-refractivity contribution in [2.45, 2.75) is 45.3 Å². The minimum absolute atomic E-state index is 0.103. The van der Waals surface area contributed by atoms with E-state index in [4.69, 9.17) is 11.6 Å². The highest BCUT2D eigenvalue weighted by atomic mass is 35.5. The highest BCUT2D eigenvalue weighted by Crippen LogP contribution is 2.32. The SMILES string of the molecule is Cc1cc(C(=O)NC(C)c2cnc(OCC(F)(F)F)c(Cl)c2)cc(NC(=O)CC2CC2)n1. The zero-order valence-corrected chi connectivity index (χ0v) is 18.2. The molecule has 0 bridgehead atoms. The van der Waals surface area contributed by atoms with Gasteiger partial charge in [-0.05, 0) is 56.4 Å². The second kappa shape index (κ2) is 9.72. The van der Waals surface area contributed by atoms with Crippen LogP contribution in [0.1, 0.15) is 53.8 Å². The van der Waals surface area contributed by atoms with Crippen LogP contribution in [0.4, 0.5) is 19.0 Å². The smallest absolute Gasteiger partial charge is 0.422 e. The Morgan fingerprint density at radius 2 is 2.00 bits per heavy atom. The van der Waals surface area contributed by atoms with Crippen LogP contribution < -0.4 is 15.4 Å². The molecule has 2 amide bonds. The Bertz CT molecular complexity index is 1010. The fraction of sp³-hybridized carbons (Fsp3) is 0.429. The number of hydrogen-bond acceptors (Lipinski definition) is 5. The van der Waals surface area contributed by atoms with E-state index in [9.17, 15) is 22.8 Å². The maximum atomic E-state index is 12.7. The van der Waals surface area contributed by atoms with E-state index in [2.05, 4.69) is 25.3 Å². The van der Waals surface area contributed by atoms with Gasteiger partial charge < -0.3 is 15.4 Å². The number of anilines is 1. The van der Waals surface area contributed by atoms with Gasteiger partial charge in [-0.2, -0.15) is 13.2 Å². The first-order chi connectivity index (χ1) is 15.0. The van der Waals surface area contributed by atoms with Crippen LogP contribution >= 0.6 is 11.6 Å². The van der Waals surface area contributed by atoms with E-state index >= 15 is 0 Å². The number of pyridine rings is 2. The lowest BCUT2D eigenvalue weighted by Gasteiger charge is -2.16. The van der Waals surface area contributed by atoms with Gasteiger partial charge in [0, 0.05) is 23.9 Å². The van der Waals surface area contributed by atoms with Crippen molar-refractivity contribution in [2.75, 3.05) is 11.9 Å². The predicted molar refractivity (Wildman–Crippen MR) is 112 cm³/mol. The Hall–Kier alpha value is -2.88. The largest absolute Gasteiger partial charge is 0.467 e. The Labute approximate surface area is 187 Å². The molecule has 2 N–H and O–H groups in total. The van der Waals surface area contributed by atoms with Crippen molar-refractivity contribution in [2.24, 2.45) is 5.92 Å². The number of carbonyl (C=O) groups excluding carboxylic acids is 2. The normalized spacial score (nSPS) is 14.6. The molecule has 0 radical (unpaired) electrons. The predicted octanol–water partition coefficient (Wildman–Crippen LogP) is 4.61.